The predicted molar refractivity (Wildman–Crippen MR) is 160 cm³/mol. The first-order valence-corrected chi connectivity index (χ1v) is 15.4. The molecule has 0 aliphatic carbocycles. The molecule has 3 aromatic rings. The maximum absolute atomic E-state index is 13.4. The molecule has 3 aromatic carbocycles. The lowest BCUT2D eigenvalue weighted by molar-refractivity contribution is -0.120. The quantitative estimate of drug-likeness (QED) is 0.336. The van der Waals surface area contributed by atoms with Gasteiger partial charge in [0, 0.05) is 12.3 Å². The molecular formula is C32H29N3O7S. The molecule has 3 heterocycles. The Balaban J connectivity index is 1.12. The Morgan fingerprint density at radius 3 is 2.21 bits per heavy atom. The van der Waals surface area contributed by atoms with Gasteiger partial charge in [0.1, 0.15) is 17.5 Å². The third-order valence-electron chi connectivity index (χ3n) is 7.75. The van der Waals surface area contributed by atoms with E-state index in [4.69, 9.17) is 9.47 Å². The van der Waals surface area contributed by atoms with E-state index in [9.17, 15) is 24.0 Å². The molecule has 0 bridgehead atoms. The molecule has 0 radical (unpaired) electrons. The summed E-state index contributed by atoms with van der Waals surface area (Å²) in [5, 5.41) is 2.82. The van der Waals surface area contributed by atoms with Crippen molar-refractivity contribution in [2.24, 2.45) is 0 Å². The number of rotatable bonds is 10. The standard InChI is InChI=1S/C32H29N3O7S/c1-43-16-14-27(35-31(39)23-6-2-3-7-24(23)32(35)40)28(36)33-19-8-10-20(11-9-19)42-21-12-13-25-26(17-21)30(38)34(29(25)37)18-22-5-4-15-41-22/h2-3,6-13,17,22,27H,4-5,14-16,18H2,1H3,(H,33,36). The highest BCUT2D eigenvalue weighted by Crippen LogP contribution is 2.31. The van der Waals surface area contributed by atoms with Gasteiger partial charge in [-0.05, 0) is 85.9 Å². The third kappa shape index (κ3) is 5.53. The molecule has 0 saturated carbocycles. The molecule has 1 fully saturated rings. The van der Waals surface area contributed by atoms with Crippen molar-refractivity contribution in [1.82, 2.24) is 9.80 Å². The summed E-state index contributed by atoms with van der Waals surface area (Å²) >= 11 is 1.52. The molecule has 5 amide bonds. The number of anilines is 1. The molecule has 0 aromatic heterocycles. The summed E-state index contributed by atoms with van der Waals surface area (Å²) in [6, 6.07) is 17.0. The van der Waals surface area contributed by atoms with Gasteiger partial charge in [0.05, 0.1) is 34.9 Å². The van der Waals surface area contributed by atoms with Crippen LogP contribution in [0.25, 0.3) is 0 Å². The van der Waals surface area contributed by atoms with Crippen LogP contribution in [0.2, 0.25) is 0 Å². The van der Waals surface area contributed by atoms with Gasteiger partial charge < -0.3 is 14.8 Å². The molecule has 3 aliphatic heterocycles. The van der Waals surface area contributed by atoms with Crippen LogP contribution in [0, 0.1) is 0 Å². The van der Waals surface area contributed by atoms with Crippen molar-refractivity contribution in [1.29, 1.82) is 0 Å². The molecule has 2 atom stereocenters. The maximum atomic E-state index is 13.4. The van der Waals surface area contributed by atoms with E-state index in [1.165, 1.54) is 16.7 Å². The van der Waals surface area contributed by atoms with Crippen molar-refractivity contribution < 1.29 is 33.4 Å². The summed E-state index contributed by atoms with van der Waals surface area (Å²) in [6.07, 6.45) is 3.81. The largest absolute Gasteiger partial charge is 0.457 e. The minimum absolute atomic E-state index is 0.134. The topological polar surface area (TPSA) is 122 Å². The van der Waals surface area contributed by atoms with E-state index in [0.717, 1.165) is 17.7 Å². The van der Waals surface area contributed by atoms with Crippen LogP contribution in [-0.4, -0.2) is 76.6 Å². The predicted octanol–water partition coefficient (Wildman–Crippen LogP) is 4.61. The number of amides is 5. The van der Waals surface area contributed by atoms with Crippen molar-refractivity contribution >= 4 is 47.0 Å². The first-order valence-electron chi connectivity index (χ1n) is 14.0. The van der Waals surface area contributed by atoms with Crippen LogP contribution in [-0.2, 0) is 9.53 Å². The number of benzene rings is 3. The summed E-state index contributed by atoms with van der Waals surface area (Å²) in [7, 11) is 0. The number of hydrogen-bond acceptors (Lipinski definition) is 8. The molecule has 10 nitrogen and oxygen atoms in total. The highest BCUT2D eigenvalue weighted by Gasteiger charge is 2.42. The second-order valence-electron chi connectivity index (χ2n) is 10.5. The van der Waals surface area contributed by atoms with Crippen LogP contribution in [0.15, 0.2) is 66.7 Å². The second-order valence-corrected chi connectivity index (χ2v) is 11.5. The number of thioether (sulfide) groups is 1. The number of carbonyl (C=O) groups is 5. The third-order valence-corrected chi connectivity index (χ3v) is 8.39. The Kier molecular flexibility index (Phi) is 8.00. The van der Waals surface area contributed by atoms with Crippen LogP contribution >= 0.6 is 11.8 Å². The number of nitrogens with zero attached hydrogens (tertiary/aromatic N) is 2. The van der Waals surface area contributed by atoms with Gasteiger partial charge in [-0.25, -0.2) is 0 Å². The van der Waals surface area contributed by atoms with Gasteiger partial charge >= 0.3 is 0 Å². The minimum atomic E-state index is -0.970. The van der Waals surface area contributed by atoms with Gasteiger partial charge in [-0.1, -0.05) is 12.1 Å². The van der Waals surface area contributed by atoms with Crippen LogP contribution in [0.5, 0.6) is 11.5 Å². The zero-order chi connectivity index (χ0) is 30.1. The number of nitrogens with one attached hydrogen (secondary N) is 1. The summed E-state index contributed by atoms with van der Waals surface area (Å²) in [5.74, 6) is -0.702. The van der Waals surface area contributed by atoms with Crippen molar-refractivity contribution in [3.63, 3.8) is 0 Å². The van der Waals surface area contributed by atoms with E-state index in [-0.39, 0.29) is 30.0 Å². The molecule has 3 aliphatic rings. The number of imide groups is 2. The second kappa shape index (κ2) is 12.0. The van der Waals surface area contributed by atoms with Crippen LogP contribution in [0.1, 0.15) is 60.7 Å². The first kappa shape index (κ1) is 28.6. The number of hydrogen-bond donors (Lipinski definition) is 1. The van der Waals surface area contributed by atoms with Gasteiger partial charge in [-0.2, -0.15) is 11.8 Å². The Hall–Kier alpha value is -4.48. The molecule has 1 saturated heterocycles. The van der Waals surface area contributed by atoms with Gasteiger partial charge in [-0.3, -0.25) is 33.8 Å². The Bertz CT molecular complexity index is 1580. The lowest BCUT2D eigenvalue weighted by atomic mass is 10.1. The number of carbonyl (C=O) groups excluding carboxylic acids is 5. The van der Waals surface area contributed by atoms with Crippen molar-refractivity contribution in [3.05, 3.63) is 89.0 Å². The highest BCUT2D eigenvalue weighted by molar-refractivity contribution is 7.98. The van der Waals surface area contributed by atoms with E-state index >= 15 is 0 Å². The van der Waals surface area contributed by atoms with Crippen LogP contribution < -0.4 is 10.1 Å². The van der Waals surface area contributed by atoms with E-state index in [0.29, 0.717) is 52.7 Å². The normalized spacial score (nSPS) is 18.2. The zero-order valence-electron chi connectivity index (χ0n) is 23.4. The Labute approximate surface area is 252 Å². The van der Waals surface area contributed by atoms with E-state index in [1.807, 2.05) is 6.26 Å². The molecule has 6 rings (SSSR count). The van der Waals surface area contributed by atoms with E-state index in [2.05, 4.69) is 5.32 Å². The van der Waals surface area contributed by atoms with Crippen LogP contribution in [0.3, 0.4) is 0 Å². The average molecular weight is 600 g/mol. The summed E-state index contributed by atoms with van der Waals surface area (Å²) in [5.41, 5.74) is 1.67. The van der Waals surface area contributed by atoms with Crippen molar-refractivity contribution in [3.8, 4) is 11.5 Å². The van der Waals surface area contributed by atoms with E-state index < -0.39 is 23.8 Å². The first-order chi connectivity index (χ1) is 20.9. The van der Waals surface area contributed by atoms with Crippen molar-refractivity contribution in [2.45, 2.75) is 31.4 Å². The van der Waals surface area contributed by atoms with Crippen LogP contribution in [0.4, 0.5) is 5.69 Å². The number of ether oxygens (including phenoxy) is 2. The van der Waals surface area contributed by atoms with Gasteiger partial charge in [0.2, 0.25) is 5.91 Å². The van der Waals surface area contributed by atoms with Crippen molar-refractivity contribution in [2.75, 3.05) is 30.5 Å². The van der Waals surface area contributed by atoms with E-state index in [1.54, 1.807) is 66.7 Å². The average Bonchev–Trinajstić information content (AvgIpc) is 3.69. The number of fused-ring (bicyclic) bond motifs is 2. The Morgan fingerprint density at radius 2 is 1.56 bits per heavy atom. The SMILES string of the molecule is CSCCC(C(=O)Nc1ccc(Oc2ccc3c(c2)C(=O)N(CC2CCCO2)C3=O)cc1)N1C(=O)c2ccccc2C1=O. The van der Waals surface area contributed by atoms with Gasteiger partial charge in [0.25, 0.3) is 23.6 Å². The molecular weight excluding hydrogens is 570 g/mol. The maximum Gasteiger partial charge on any atom is 0.262 e. The van der Waals surface area contributed by atoms with Gasteiger partial charge in [-0.15, -0.1) is 0 Å². The molecule has 220 valence electrons. The molecule has 43 heavy (non-hydrogen) atoms. The minimum Gasteiger partial charge on any atom is -0.457 e. The van der Waals surface area contributed by atoms with Gasteiger partial charge in [0.15, 0.2) is 0 Å². The smallest absolute Gasteiger partial charge is 0.262 e. The fraction of sp³-hybridized carbons (Fsp3) is 0.281. The summed E-state index contributed by atoms with van der Waals surface area (Å²) in [6.45, 7) is 0.875. The fourth-order valence-electron chi connectivity index (χ4n) is 5.56. The molecule has 1 N–H and O–H groups in total. The molecule has 0 spiro atoms. The summed E-state index contributed by atoms with van der Waals surface area (Å²) in [4.78, 5) is 67.5. The monoisotopic (exact) mass is 599 g/mol. The zero-order valence-corrected chi connectivity index (χ0v) is 24.2. The lowest BCUT2D eigenvalue weighted by Crippen LogP contribution is -2.47. The Morgan fingerprint density at radius 1 is 0.907 bits per heavy atom. The molecule has 11 heteroatoms. The highest BCUT2D eigenvalue weighted by atomic mass is 32.2. The summed E-state index contributed by atoms with van der Waals surface area (Å²) < 4.78 is 11.5. The molecule has 2 unspecified atom stereocenters. The fourth-order valence-corrected chi connectivity index (χ4v) is 6.02. The lowest BCUT2D eigenvalue weighted by Gasteiger charge is -2.25.